The van der Waals surface area contributed by atoms with Crippen molar-refractivity contribution in [1.29, 1.82) is 0 Å². The highest BCUT2D eigenvalue weighted by molar-refractivity contribution is 6.30. The molecule has 2 aromatic carbocycles. The van der Waals surface area contributed by atoms with Gasteiger partial charge in [-0.25, -0.2) is 0 Å². The normalized spacial score (nSPS) is 11.1. The van der Waals surface area contributed by atoms with Crippen molar-refractivity contribution in [2.75, 3.05) is 7.05 Å². The number of aromatic nitrogens is 2. The van der Waals surface area contributed by atoms with E-state index in [-0.39, 0.29) is 0 Å². The van der Waals surface area contributed by atoms with Gasteiger partial charge in [0.2, 0.25) is 11.8 Å². The third-order valence-corrected chi connectivity index (χ3v) is 3.83. The zero-order chi connectivity index (χ0) is 16.2. The first-order valence-corrected chi connectivity index (χ1v) is 7.87. The molecule has 0 N–H and O–H groups in total. The predicted octanol–water partition coefficient (Wildman–Crippen LogP) is 4.68. The summed E-state index contributed by atoms with van der Waals surface area (Å²) in [5, 5.41) is 9.60. The first-order valence-electron chi connectivity index (χ1n) is 7.11. The molecule has 0 aliphatic carbocycles. The smallest absolute Gasteiger partial charge is 0.247 e. The first-order chi connectivity index (χ1) is 11.1. The van der Waals surface area contributed by atoms with Gasteiger partial charge in [0.25, 0.3) is 0 Å². The van der Waals surface area contributed by atoms with Crippen molar-refractivity contribution in [3.63, 3.8) is 0 Å². The van der Waals surface area contributed by atoms with Crippen LogP contribution in [-0.4, -0.2) is 22.1 Å². The van der Waals surface area contributed by atoms with E-state index in [1.165, 1.54) is 5.56 Å². The molecule has 0 saturated carbocycles. The summed E-state index contributed by atoms with van der Waals surface area (Å²) in [6.45, 7) is 1.35. The Labute approximate surface area is 144 Å². The van der Waals surface area contributed by atoms with Gasteiger partial charge in [-0.2, -0.15) is 0 Å². The average molecular weight is 348 g/mol. The minimum absolute atomic E-state index is 0.497. The lowest BCUT2D eigenvalue weighted by Crippen LogP contribution is -2.17. The van der Waals surface area contributed by atoms with Crippen LogP contribution in [0.5, 0.6) is 0 Å². The van der Waals surface area contributed by atoms with Crippen LogP contribution in [0.1, 0.15) is 11.5 Å². The fourth-order valence-electron chi connectivity index (χ4n) is 2.21. The molecule has 3 aromatic rings. The van der Waals surface area contributed by atoms with Gasteiger partial charge in [-0.3, -0.25) is 4.90 Å². The topological polar surface area (TPSA) is 42.2 Å². The Kier molecular flexibility index (Phi) is 4.96. The van der Waals surface area contributed by atoms with E-state index >= 15 is 0 Å². The largest absolute Gasteiger partial charge is 0.419 e. The van der Waals surface area contributed by atoms with Gasteiger partial charge in [0.1, 0.15) is 0 Å². The molecule has 0 atom stereocenters. The van der Waals surface area contributed by atoms with E-state index < -0.39 is 0 Å². The van der Waals surface area contributed by atoms with Crippen LogP contribution in [0.2, 0.25) is 10.0 Å². The van der Waals surface area contributed by atoms with Crippen molar-refractivity contribution in [2.45, 2.75) is 13.1 Å². The second-order valence-corrected chi connectivity index (χ2v) is 6.18. The third kappa shape index (κ3) is 4.32. The van der Waals surface area contributed by atoms with Crippen LogP contribution < -0.4 is 0 Å². The van der Waals surface area contributed by atoms with Gasteiger partial charge in [0.15, 0.2) is 0 Å². The summed E-state index contributed by atoms with van der Waals surface area (Å²) in [7, 11) is 2.00. The molecule has 0 radical (unpaired) electrons. The maximum Gasteiger partial charge on any atom is 0.247 e. The molecule has 0 unspecified atom stereocenters. The van der Waals surface area contributed by atoms with Crippen LogP contribution in [0.15, 0.2) is 52.9 Å². The first kappa shape index (κ1) is 16.0. The monoisotopic (exact) mass is 347 g/mol. The summed E-state index contributed by atoms with van der Waals surface area (Å²) in [5.74, 6) is 1.07. The van der Waals surface area contributed by atoms with Crippen molar-refractivity contribution in [2.24, 2.45) is 0 Å². The molecule has 6 heteroatoms. The zero-order valence-corrected chi connectivity index (χ0v) is 14.1. The molecule has 0 aliphatic heterocycles. The predicted molar refractivity (Wildman–Crippen MR) is 91.4 cm³/mol. The molecule has 0 aliphatic rings. The van der Waals surface area contributed by atoms with Crippen LogP contribution in [0.4, 0.5) is 0 Å². The van der Waals surface area contributed by atoms with Crippen molar-refractivity contribution < 1.29 is 4.42 Å². The Morgan fingerprint density at radius 3 is 2.13 bits per heavy atom. The fraction of sp³-hybridized carbons (Fsp3) is 0.176. The van der Waals surface area contributed by atoms with Crippen LogP contribution in [-0.2, 0) is 13.1 Å². The van der Waals surface area contributed by atoms with Gasteiger partial charge in [-0.15, -0.1) is 10.2 Å². The Balaban J connectivity index is 1.64. The second kappa shape index (κ2) is 7.13. The molecule has 1 aromatic heterocycles. The average Bonchev–Trinajstić information content (AvgIpc) is 2.98. The van der Waals surface area contributed by atoms with Crippen LogP contribution in [0.25, 0.3) is 11.5 Å². The maximum atomic E-state index is 5.89. The van der Waals surface area contributed by atoms with E-state index in [1.807, 2.05) is 43.4 Å². The molecular weight excluding hydrogens is 333 g/mol. The molecule has 0 fully saturated rings. The van der Waals surface area contributed by atoms with Gasteiger partial charge >= 0.3 is 0 Å². The van der Waals surface area contributed by atoms with Crippen molar-refractivity contribution in [3.05, 3.63) is 70.0 Å². The molecule has 1 heterocycles. The summed E-state index contributed by atoms with van der Waals surface area (Å²) < 4.78 is 5.71. The number of halogens is 2. The summed E-state index contributed by atoms with van der Waals surface area (Å²) in [5.41, 5.74) is 2.03. The summed E-state index contributed by atoms with van der Waals surface area (Å²) >= 11 is 11.8. The Morgan fingerprint density at radius 2 is 1.48 bits per heavy atom. The number of hydrogen-bond donors (Lipinski definition) is 0. The van der Waals surface area contributed by atoms with Gasteiger partial charge in [-0.05, 0) is 49.0 Å². The Morgan fingerprint density at radius 1 is 0.870 bits per heavy atom. The van der Waals surface area contributed by atoms with E-state index in [4.69, 9.17) is 27.6 Å². The fourth-order valence-corrected chi connectivity index (χ4v) is 2.47. The highest BCUT2D eigenvalue weighted by Gasteiger charge is 2.11. The van der Waals surface area contributed by atoms with Crippen molar-refractivity contribution in [1.82, 2.24) is 15.1 Å². The number of rotatable bonds is 5. The SMILES string of the molecule is CN(Cc1ccc(Cl)cc1)Cc1nnc(-c2ccc(Cl)cc2)o1. The number of hydrogen-bond acceptors (Lipinski definition) is 4. The van der Waals surface area contributed by atoms with Crippen molar-refractivity contribution in [3.8, 4) is 11.5 Å². The molecular formula is C17H15Cl2N3O. The lowest BCUT2D eigenvalue weighted by molar-refractivity contribution is 0.283. The molecule has 4 nitrogen and oxygen atoms in total. The minimum Gasteiger partial charge on any atom is -0.419 e. The summed E-state index contributed by atoms with van der Waals surface area (Å²) in [4.78, 5) is 2.10. The van der Waals surface area contributed by atoms with Crippen LogP contribution in [0.3, 0.4) is 0 Å². The quantitative estimate of drug-likeness (QED) is 0.672. The van der Waals surface area contributed by atoms with E-state index in [0.29, 0.717) is 23.3 Å². The number of benzene rings is 2. The maximum absolute atomic E-state index is 5.89. The van der Waals surface area contributed by atoms with Crippen molar-refractivity contribution >= 4 is 23.2 Å². The molecule has 3 rings (SSSR count). The third-order valence-electron chi connectivity index (χ3n) is 3.33. The lowest BCUT2D eigenvalue weighted by Gasteiger charge is -2.14. The summed E-state index contributed by atoms with van der Waals surface area (Å²) in [6, 6.07) is 15.1. The van der Waals surface area contributed by atoms with Crippen LogP contribution in [0, 0.1) is 0 Å². The molecule has 0 spiro atoms. The van der Waals surface area contributed by atoms with E-state index in [9.17, 15) is 0 Å². The van der Waals surface area contributed by atoms with Gasteiger partial charge in [-0.1, -0.05) is 35.3 Å². The van der Waals surface area contributed by atoms with Gasteiger partial charge in [0, 0.05) is 22.2 Å². The highest BCUT2D eigenvalue weighted by Crippen LogP contribution is 2.20. The van der Waals surface area contributed by atoms with Crippen LogP contribution >= 0.6 is 23.2 Å². The second-order valence-electron chi connectivity index (χ2n) is 5.31. The lowest BCUT2D eigenvalue weighted by atomic mass is 10.2. The molecule has 0 bridgehead atoms. The molecule has 118 valence electrons. The molecule has 0 amide bonds. The molecule has 23 heavy (non-hydrogen) atoms. The number of nitrogens with zero attached hydrogens (tertiary/aromatic N) is 3. The van der Waals surface area contributed by atoms with Gasteiger partial charge < -0.3 is 4.42 Å². The zero-order valence-electron chi connectivity index (χ0n) is 12.5. The van der Waals surface area contributed by atoms with E-state index in [1.54, 1.807) is 12.1 Å². The Hall–Kier alpha value is -1.88. The van der Waals surface area contributed by atoms with E-state index in [0.717, 1.165) is 17.1 Å². The minimum atomic E-state index is 0.497. The van der Waals surface area contributed by atoms with Gasteiger partial charge in [0.05, 0.1) is 6.54 Å². The Bertz CT molecular complexity index is 769. The summed E-state index contributed by atoms with van der Waals surface area (Å²) in [6.07, 6.45) is 0. The standard InChI is InChI=1S/C17H15Cl2N3O/c1-22(10-12-2-6-14(18)7-3-12)11-16-20-21-17(23-16)13-4-8-15(19)9-5-13/h2-9H,10-11H2,1H3. The van der Waals surface area contributed by atoms with E-state index in [2.05, 4.69) is 15.1 Å². The highest BCUT2D eigenvalue weighted by atomic mass is 35.5. The molecule has 0 saturated heterocycles.